The monoisotopic (exact) mass is 307 g/mol. The van der Waals surface area contributed by atoms with Crippen LogP contribution in [0.1, 0.15) is 27.8 Å². The normalized spacial score (nSPS) is 10.2. The number of ketones is 1. The van der Waals surface area contributed by atoms with Crippen molar-refractivity contribution in [2.45, 2.75) is 6.92 Å². The van der Waals surface area contributed by atoms with Crippen LogP contribution < -0.4 is 4.74 Å². The number of esters is 1. The third kappa shape index (κ3) is 4.36. The minimum atomic E-state index is -0.526. The summed E-state index contributed by atoms with van der Waals surface area (Å²) in [5, 5.41) is 0.627. The molecule has 0 fully saturated rings. The maximum atomic E-state index is 11.7. The number of Topliss-reactive ketones (excluding diaryl/α,β-unsaturated/α-hetero) is 1. The number of H-pyrrole nitrogens is 1. The van der Waals surface area contributed by atoms with Crippen LogP contribution in [-0.2, 0) is 4.74 Å². The van der Waals surface area contributed by atoms with Crippen molar-refractivity contribution in [3.63, 3.8) is 0 Å². The molecule has 0 aliphatic carbocycles. The molecule has 0 bridgehead atoms. The molecule has 1 N–H and O–H groups in total. The number of carbonyl (C=O) groups excluding carboxylic acids is 2. The molecule has 0 aliphatic heterocycles. The molecule has 0 aliphatic rings. The lowest BCUT2D eigenvalue weighted by molar-refractivity contribution is 0.0444. The van der Waals surface area contributed by atoms with Crippen molar-refractivity contribution < 1.29 is 19.1 Å². The second kappa shape index (κ2) is 6.95. The molecule has 0 saturated carbocycles. The highest BCUT2D eigenvalue weighted by Crippen LogP contribution is 2.15. The highest BCUT2D eigenvalue weighted by molar-refractivity contribution is 6.30. The van der Waals surface area contributed by atoms with Crippen LogP contribution in [0, 0.1) is 0 Å². The standard InChI is InChI=1S/C15H14ClNO4/c1-10(18)11-8-14(17-9-11)15(19)21-7-6-20-13-4-2-12(16)3-5-13/h2-5,8-9,17H,6-7H2,1H3. The van der Waals surface area contributed by atoms with Crippen LogP contribution in [-0.4, -0.2) is 30.0 Å². The van der Waals surface area contributed by atoms with Gasteiger partial charge in [0, 0.05) is 16.8 Å². The lowest BCUT2D eigenvalue weighted by Gasteiger charge is -2.06. The zero-order valence-electron chi connectivity index (χ0n) is 11.4. The van der Waals surface area contributed by atoms with Gasteiger partial charge in [0.15, 0.2) is 5.78 Å². The molecule has 0 atom stereocenters. The van der Waals surface area contributed by atoms with Crippen molar-refractivity contribution in [2.75, 3.05) is 13.2 Å². The third-order valence-corrected chi connectivity index (χ3v) is 2.96. The summed E-state index contributed by atoms with van der Waals surface area (Å²) >= 11 is 5.75. The number of rotatable bonds is 6. The number of hydrogen-bond donors (Lipinski definition) is 1. The summed E-state index contributed by atoms with van der Waals surface area (Å²) in [4.78, 5) is 25.5. The molecule has 6 heteroatoms. The van der Waals surface area contributed by atoms with Crippen LogP contribution in [0.5, 0.6) is 5.75 Å². The molecule has 0 spiro atoms. The molecule has 5 nitrogen and oxygen atoms in total. The number of nitrogens with one attached hydrogen (secondary N) is 1. The van der Waals surface area contributed by atoms with Gasteiger partial charge in [0.25, 0.3) is 0 Å². The van der Waals surface area contributed by atoms with Gasteiger partial charge in [-0.05, 0) is 37.3 Å². The van der Waals surface area contributed by atoms with E-state index in [0.717, 1.165) is 0 Å². The number of halogens is 1. The van der Waals surface area contributed by atoms with Crippen molar-refractivity contribution in [1.29, 1.82) is 0 Å². The van der Waals surface area contributed by atoms with Crippen molar-refractivity contribution in [2.24, 2.45) is 0 Å². The van der Waals surface area contributed by atoms with E-state index in [1.807, 2.05) is 0 Å². The Kier molecular flexibility index (Phi) is 5.00. The summed E-state index contributed by atoms with van der Waals surface area (Å²) in [6.45, 7) is 1.77. The molecule has 0 saturated heterocycles. The van der Waals surface area contributed by atoms with E-state index in [9.17, 15) is 9.59 Å². The Balaban J connectivity index is 1.76. The maximum absolute atomic E-state index is 11.7. The van der Waals surface area contributed by atoms with Gasteiger partial charge in [-0.25, -0.2) is 4.79 Å². The second-order valence-electron chi connectivity index (χ2n) is 4.30. The van der Waals surface area contributed by atoms with Gasteiger partial charge in [-0.3, -0.25) is 4.79 Å². The Morgan fingerprint density at radius 1 is 1.19 bits per heavy atom. The lowest BCUT2D eigenvalue weighted by Crippen LogP contribution is -2.12. The van der Waals surface area contributed by atoms with Gasteiger partial charge in [-0.2, -0.15) is 0 Å². The fourth-order valence-electron chi connectivity index (χ4n) is 1.62. The number of aromatic nitrogens is 1. The highest BCUT2D eigenvalue weighted by Gasteiger charge is 2.11. The summed E-state index contributed by atoms with van der Waals surface area (Å²) in [5.74, 6) is 0.00719. The first-order valence-electron chi connectivity index (χ1n) is 6.31. The summed E-state index contributed by atoms with van der Waals surface area (Å²) in [7, 11) is 0. The van der Waals surface area contributed by atoms with E-state index >= 15 is 0 Å². The Bertz CT molecular complexity index is 633. The zero-order valence-corrected chi connectivity index (χ0v) is 12.1. The predicted octanol–water partition coefficient (Wildman–Crippen LogP) is 3.11. The highest BCUT2D eigenvalue weighted by atomic mass is 35.5. The Morgan fingerprint density at radius 3 is 2.52 bits per heavy atom. The van der Waals surface area contributed by atoms with E-state index in [0.29, 0.717) is 16.3 Å². The summed E-state index contributed by atoms with van der Waals surface area (Å²) in [6.07, 6.45) is 1.48. The first kappa shape index (κ1) is 15.1. The number of aromatic amines is 1. The van der Waals surface area contributed by atoms with E-state index in [-0.39, 0.29) is 24.7 Å². The minimum absolute atomic E-state index is 0.107. The van der Waals surface area contributed by atoms with E-state index in [2.05, 4.69) is 4.98 Å². The Morgan fingerprint density at radius 2 is 1.90 bits per heavy atom. The molecular formula is C15H14ClNO4. The lowest BCUT2D eigenvalue weighted by atomic mass is 10.2. The van der Waals surface area contributed by atoms with Crippen LogP contribution in [0.4, 0.5) is 0 Å². The number of carbonyl (C=O) groups is 2. The van der Waals surface area contributed by atoms with Crippen LogP contribution in [0.15, 0.2) is 36.5 Å². The Hall–Kier alpha value is -2.27. The Labute approximate surface area is 126 Å². The summed E-state index contributed by atoms with van der Waals surface area (Å²) in [5.41, 5.74) is 0.686. The van der Waals surface area contributed by atoms with Gasteiger partial charge in [0.1, 0.15) is 24.7 Å². The minimum Gasteiger partial charge on any atom is -0.490 e. The number of hydrogen-bond acceptors (Lipinski definition) is 4. The van der Waals surface area contributed by atoms with E-state index < -0.39 is 5.97 Å². The molecular weight excluding hydrogens is 294 g/mol. The topological polar surface area (TPSA) is 68.4 Å². The van der Waals surface area contributed by atoms with E-state index in [4.69, 9.17) is 21.1 Å². The fraction of sp³-hybridized carbons (Fsp3) is 0.200. The van der Waals surface area contributed by atoms with Gasteiger partial charge in [-0.1, -0.05) is 11.6 Å². The van der Waals surface area contributed by atoms with E-state index in [1.165, 1.54) is 19.2 Å². The van der Waals surface area contributed by atoms with Gasteiger partial charge in [0.05, 0.1) is 0 Å². The SMILES string of the molecule is CC(=O)c1c[nH]c(C(=O)OCCOc2ccc(Cl)cc2)c1. The summed E-state index contributed by atoms with van der Waals surface area (Å²) in [6, 6.07) is 8.35. The van der Waals surface area contributed by atoms with Gasteiger partial charge in [-0.15, -0.1) is 0 Å². The van der Waals surface area contributed by atoms with E-state index in [1.54, 1.807) is 24.3 Å². The molecule has 2 rings (SSSR count). The number of ether oxygens (including phenoxy) is 2. The molecule has 1 aromatic carbocycles. The molecule has 0 unspecified atom stereocenters. The van der Waals surface area contributed by atoms with Crippen LogP contribution in [0.2, 0.25) is 5.02 Å². The van der Waals surface area contributed by atoms with Crippen molar-refractivity contribution in [3.05, 3.63) is 52.8 Å². The van der Waals surface area contributed by atoms with Crippen LogP contribution in [0.25, 0.3) is 0 Å². The molecule has 110 valence electrons. The molecule has 1 heterocycles. The number of benzene rings is 1. The smallest absolute Gasteiger partial charge is 0.354 e. The van der Waals surface area contributed by atoms with Gasteiger partial charge in [0.2, 0.25) is 0 Å². The fourth-order valence-corrected chi connectivity index (χ4v) is 1.74. The third-order valence-electron chi connectivity index (χ3n) is 2.71. The molecule has 21 heavy (non-hydrogen) atoms. The van der Waals surface area contributed by atoms with Crippen LogP contribution in [0.3, 0.4) is 0 Å². The summed E-state index contributed by atoms with van der Waals surface area (Å²) < 4.78 is 10.4. The quantitative estimate of drug-likeness (QED) is 0.506. The van der Waals surface area contributed by atoms with Crippen LogP contribution >= 0.6 is 11.6 Å². The largest absolute Gasteiger partial charge is 0.490 e. The van der Waals surface area contributed by atoms with Crippen molar-refractivity contribution in [3.8, 4) is 5.75 Å². The predicted molar refractivity (Wildman–Crippen MR) is 78.0 cm³/mol. The molecule has 2 aromatic rings. The van der Waals surface area contributed by atoms with Crippen molar-refractivity contribution in [1.82, 2.24) is 4.98 Å². The average molecular weight is 308 g/mol. The average Bonchev–Trinajstić information content (AvgIpc) is 2.95. The van der Waals surface area contributed by atoms with Gasteiger partial charge < -0.3 is 14.5 Å². The van der Waals surface area contributed by atoms with Crippen molar-refractivity contribution >= 4 is 23.4 Å². The first-order valence-corrected chi connectivity index (χ1v) is 6.69. The maximum Gasteiger partial charge on any atom is 0.354 e. The molecule has 0 amide bonds. The molecule has 0 radical (unpaired) electrons. The second-order valence-corrected chi connectivity index (χ2v) is 4.73. The van der Waals surface area contributed by atoms with Gasteiger partial charge >= 0.3 is 5.97 Å². The first-order chi connectivity index (χ1) is 10.1. The zero-order chi connectivity index (χ0) is 15.2. The molecule has 1 aromatic heterocycles.